The smallest absolute Gasteiger partial charge is 0.0642 e. The molecule has 0 aromatic heterocycles. The highest BCUT2D eigenvalue weighted by Gasteiger charge is 2.16. The molecule has 4 aliphatic rings. The van der Waals surface area contributed by atoms with E-state index in [1.165, 1.54) is 23.7 Å². The standard InChI is InChI=1S/C7H13NO2S.C6H11NO.C6H11N.C6H10O/c1-2-7-3-5-8(6-4-7)11(9)10;1-2-7-3-5-8-6-4-7;2*1-2-6-3-4-7-5-6/h2,7H,1,3-6H2,(H,9,10);2H,1,3-6H2;2,6-7H,1,3-5H2;2,6H,1,3-5H2/p-1. The predicted octanol–water partition coefficient (Wildman–Crippen LogP) is 3.13. The zero-order valence-electron chi connectivity index (χ0n) is 20.2. The summed E-state index contributed by atoms with van der Waals surface area (Å²) in [7, 11) is 0. The van der Waals surface area contributed by atoms with E-state index in [0.717, 1.165) is 64.8 Å². The molecule has 7 nitrogen and oxygen atoms in total. The maximum Gasteiger partial charge on any atom is 0.0642 e. The Morgan fingerprint density at radius 3 is 1.79 bits per heavy atom. The summed E-state index contributed by atoms with van der Waals surface area (Å²) in [6.45, 7) is 23.8. The molecule has 4 heterocycles. The summed E-state index contributed by atoms with van der Waals surface area (Å²) in [5.41, 5.74) is 0. The predicted molar refractivity (Wildman–Crippen MR) is 136 cm³/mol. The van der Waals surface area contributed by atoms with Gasteiger partial charge in [0.2, 0.25) is 0 Å². The van der Waals surface area contributed by atoms with Gasteiger partial charge in [0.1, 0.15) is 0 Å². The van der Waals surface area contributed by atoms with E-state index in [9.17, 15) is 8.76 Å². The molecule has 8 heteroatoms. The van der Waals surface area contributed by atoms with Crippen LogP contribution in [0.3, 0.4) is 0 Å². The Morgan fingerprint density at radius 2 is 1.45 bits per heavy atom. The minimum atomic E-state index is -2.02. The molecule has 4 saturated heterocycles. The third kappa shape index (κ3) is 13.9. The number of hydrogen-bond acceptors (Lipinski definition) is 6. The Balaban J connectivity index is 0.000000224. The van der Waals surface area contributed by atoms with Crippen molar-refractivity contribution in [2.75, 3.05) is 65.7 Å². The van der Waals surface area contributed by atoms with Gasteiger partial charge in [-0.1, -0.05) is 24.8 Å². The third-order valence-electron chi connectivity index (χ3n) is 6.08. The van der Waals surface area contributed by atoms with Crippen LogP contribution in [0.5, 0.6) is 0 Å². The van der Waals surface area contributed by atoms with E-state index < -0.39 is 11.3 Å². The van der Waals surface area contributed by atoms with Crippen molar-refractivity contribution in [3.05, 3.63) is 50.7 Å². The Bertz CT molecular complexity index is 544. The van der Waals surface area contributed by atoms with Crippen LogP contribution >= 0.6 is 0 Å². The fourth-order valence-corrected chi connectivity index (χ4v) is 4.15. The molecule has 0 bridgehead atoms. The van der Waals surface area contributed by atoms with Crippen LogP contribution in [0, 0.1) is 17.8 Å². The van der Waals surface area contributed by atoms with Crippen LogP contribution in [0.15, 0.2) is 50.7 Å². The molecule has 190 valence electrons. The van der Waals surface area contributed by atoms with Gasteiger partial charge in [-0.25, -0.2) is 4.31 Å². The zero-order valence-corrected chi connectivity index (χ0v) is 21.0. The molecule has 0 aromatic rings. The van der Waals surface area contributed by atoms with Crippen molar-refractivity contribution in [3.63, 3.8) is 0 Å². The lowest BCUT2D eigenvalue weighted by atomic mass is 9.99. The number of nitrogens with one attached hydrogen (secondary N) is 1. The Labute approximate surface area is 204 Å². The molecule has 0 saturated carbocycles. The van der Waals surface area contributed by atoms with Crippen LogP contribution in [0.4, 0.5) is 0 Å². The van der Waals surface area contributed by atoms with Gasteiger partial charge in [-0.05, 0) is 50.3 Å². The van der Waals surface area contributed by atoms with Gasteiger partial charge in [0, 0.05) is 56.5 Å². The average molecular weight is 483 g/mol. The average Bonchev–Trinajstić information content (AvgIpc) is 3.60. The summed E-state index contributed by atoms with van der Waals surface area (Å²) >= 11 is -2.02. The Morgan fingerprint density at radius 1 is 0.818 bits per heavy atom. The first kappa shape index (κ1) is 29.7. The zero-order chi connectivity index (χ0) is 24.3. The summed E-state index contributed by atoms with van der Waals surface area (Å²) in [5.74, 6) is 1.90. The fourth-order valence-electron chi connectivity index (χ4n) is 3.64. The molecule has 0 spiro atoms. The van der Waals surface area contributed by atoms with Crippen molar-refractivity contribution in [1.29, 1.82) is 0 Å². The molecule has 1 N–H and O–H groups in total. The maximum atomic E-state index is 10.4. The highest BCUT2D eigenvalue weighted by molar-refractivity contribution is 7.76. The Kier molecular flexibility index (Phi) is 17.2. The largest absolute Gasteiger partial charge is 0.760 e. The molecule has 3 unspecified atom stereocenters. The number of allylic oxidation sites excluding steroid dienone is 1. The second-order valence-corrected chi connectivity index (χ2v) is 9.35. The molecular formula is C25H44N3O4S-. The van der Waals surface area contributed by atoms with Crippen molar-refractivity contribution in [2.24, 2.45) is 17.8 Å². The van der Waals surface area contributed by atoms with Crippen molar-refractivity contribution >= 4 is 11.3 Å². The van der Waals surface area contributed by atoms with Crippen molar-refractivity contribution in [1.82, 2.24) is 14.5 Å². The number of morpholine rings is 1. The van der Waals surface area contributed by atoms with Crippen molar-refractivity contribution in [3.8, 4) is 0 Å². The van der Waals surface area contributed by atoms with Gasteiger partial charge < -0.3 is 24.2 Å². The highest BCUT2D eigenvalue weighted by atomic mass is 32.2. The Hall–Kier alpha value is -1.29. The molecule has 4 fully saturated rings. The number of nitrogens with zero attached hydrogens (tertiary/aromatic N) is 2. The van der Waals surface area contributed by atoms with Gasteiger partial charge in [0.05, 0.1) is 19.8 Å². The van der Waals surface area contributed by atoms with Gasteiger partial charge in [-0.3, -0.25) is 4.21 Å². The SMILES string of the molecule is C=CC1CCN(S(=O)[O-])CC1.C=CC1CCNC1.C=CC1CCOC1.C=CN1CCOCC1. The number of piperidine rings is 1. The van der Waals surface area contributed by atoms with Gasteiger partial charge in [-0.15, -0.1) is 19.7 Å². The fraction of sp³-hybridized carbons (Fsp3) is 0.680. The van der Waals surface area contributed by atoms with Crippen LogP contribution in [0.25, 0.3) is 0 Å². The molecule has 0 radical (unpaired) electrons. The molecular weight excluding hydrogens is 438 g/mol. The lowest BCUT2D eigenvalue weighted by Crippen LogP contribution is -2.34. The first-order valence-corrected chi connectivity index (χ1v) is 13.0. The first-order valence-electron chi connectivity index (χ1n) is 12.0. The van der Waals surface area contributed by atoms with E-state index in [0.29, 0.717) is 24.9 Å². The second-order valence-electron chi connectivity index (χ2n) is 8.40. The highest BCUT2D eigenvalue weighted by Crippen LogP contribution is 2.18. The molecule has 33 heavy (non-hydrogen) atoms. The number of rotatable bonds is 5. The van der Waals surface area contributed by atoms with Crippen LogP contribution in [-0.4, -0.2) is 83.7 Å². The van der Waals surface area contributed by atoms with Crippen LogP contribution < -0.4 is 5.32 Å². The summed E-state index contributed by atoms with van der Waals surface area (Å²) in [5, 5.41) is 3.25. The lowest BCUT2D eigenvalue weighted by Gasteiger charge is -2.31. The summed E-state index contributed by atoms with van der Waals surface area (Å²) in [6.07, 6.45) is 12.0. The monoisotopic (exact) mass is 482 g/mol. The van der Waals surface area contributed by atoms with E-state index in [4.69, 9.17) is 9.47 Å². The van der Waals surface area contributed by atoms with Gasteiger partial charge in [0.25, 0.3) is 0 Å². The minimum Gasteiger partial charge on any atom is -0.760 e. The molecule has 0 amide bonds. The van der Waals surface area contributed by atoms with Crippen molar-refractivity contribution in [2.45, 2.75) is 25.7 Å². The van der Waals surface area contributed by atoms with E-state index in [1.807, 2.05) is 24.4 Å². The molecule has 3 atom stereocenters. The van der Waals surface area contributed by atoms with E-state index in [-0.39, 0.29) is 0 Å². The maximum absolute atomic E-state index is 10.4. The normalized spacial score (nSPS) is 26.3. The molecule has 0 aliphatic carbocycles. The quantitative estimate of drug-likeness (QED) is 0.479. The molecule has 4 rings (SSSR count). The van der Waals surface area contributed by atoms with E-state index >= 15 is 0 Å². The van der Waals surface area contributed by atoms with Crippen LogP contribution in [0.2, 0.25) is 0 Å². The molecule has 4 aliphatic heterocycles. The second kappa shape index (κ2) is 19.1. The topological polar surface area (TPSA) is 77.1 Å². The number of hydrogen-bond donors (Lipinski definition) is 1. The third-order valence-corrected chi connectivity index (χ3v) is 6.86. The summed E-state index contributed by atoms with van der Waals surface area (Å²) < 4.78 is 32.5. The lowest BCUT2D eigenvalue weighted by molar-refractivity contribution is 0.0596. The van der Waals surface area contributed by atoms with Crippen molar-refractivity contribution < 1.29 is 18.2 Å². The van der Waals surface area contributed by atoms with Crippen LogP contribution in [0.1, 0.15) is 25.7 Å². The first-order chi connectivity index (χ1) is 16.0. The van der Waals surface area contributed by atoms with E-state index in [2.05, 4.69) is 36.5 Å². The van der Waals surface area contributed by atoms with Gasteiger partial charge >= 0.3 is 0 Å². The minimum absolute atomic E-state index is 0.509. The van der Waals surface area contributed by atoms with E-state index in [1.54, 1.807) is 0 Å². The number of ether oxygens (including phenoxy) is 2. The molecule has 0 aromatic carbocycles. The van der Waals surface area contributed by atoms with Crippen LogP contribution in [-0.2, 0) is 20.7 Å². The summed E-state index contributed by atoms with van der Waals surface area (Å²) in [6, 6.07) is 0. The summed E-state index contributed by atoms with van der Waals surface area (Å²) in [4.78, 5) is 2.16. The van der Waals surface area contributed by atoms with Gasteiger partial charge in [-0.2, -0.15) is 0 Å². The van der Waals surface area contributed by atoms with Gasteiger partial charge in [0.15, 0.2) is 0 Å².